The zero-order valence-corrected chi connectivity index (χ0v) is 12.8. The van der Waals surface area contributed by atoms with Crippen LogP contribution in [0.4, 0.5) is 14.5 Å². The maximum Gasteiger partial charge on any atom is 0.228 e. The molecule has 24 heavy (non-hydrogen) atoms. The Kier molecular flexibility index (Phi) is 4.55. The molecule has 2 N–H and O–H groups in total. The first-order valence-electron chi connectivity index (χ1n) is 7.64. The van der Waals surface area contributed by atoms with Gasteiger partial charge >= 0.3 is 0 Å². The second kappa shape index (κ2) is 6.78. The van der Waals surface area contributed by atoms with Crippen LogP contribution in [-0.4, -0.2) is 18.4 Å². The van der Waals surface area contributed by atoms with Crippen molar-refractivity contribution in [2.75, 3.05) is 11.9 Å². The fraction of sp³-hybridized carbons (Fsp3) is 0.222. The summed E-state index contributed by atoms with van der Waals surface area (Å²) in [7, 11) is 0. The van der Waals surface area contributed by atoms with Gasteiger partial charge in [-0.1, -0.05) is 18.2 Å². The molecule has 0 saturated carbocycles. The number of halogens is 2. The molecule has 0 unspecified atom stereocenters. The Morgan fingerprint density at radius 3 is 2.58 bits per heavy atom. The zero-order chi connectivity index (χ0) is 17.1. The first kappa shape index (κ1) is 16.1. The van der Waals surface area contributed by atoms with Crippen LogP contribution in [0.25, 0.3) is 0 Å². The molecule has 0 spiro atoms. The maximum atomic E-state index is 13.3. The quantitative estimate of drug-likeness (QED) is 0.906. The lowest BCUT2D eigenvalue weighted by Crippen LogP contribution is -2.36. The van der Waals surface area contributed by atoms with E-state index in [-0.39, 0.29) is 24.1 Å². The molecule has 1 aliphatic rings. The summed E-state index contributed by atoms with van der Waals surface area (Å²) in [6.07, 6.45) is 0.586. The second-order valence-corrected chi connectivity index (χ2v) is 5.70. The average molecular weight is 330 g/mol. The summed E-state index contributed by atoms with van der Waals surface area (Å²) in [6, 6.07) is 10.1. The van der Waals surface area contributed by atoms with Crippen molar-refractivity contribution in [1.29, 1.82) is 0 Å². The lowest BCUT2D eigenvalue weighted by Gasteiger charge is -2.24. The minimum absolute atomic E-state index is 0.0288. The minimum Gasteiger partial charge on any atom is -0.355 e. The van der Waals surface area contributed by atoms with E-state index in [2.05, 4.69) is 10.6 Å². The molecule has 6 heteroatoms. The van der Waals surface area contributed by atoms with Crippen LogP contribution in [0.5, 0.6) is 0 Å². The predicted molar refractivity (Wildman–Crippen MR) is 85.5 cm³/mol. The summed E-state index contributed by atoms with van der Waals surface area (Å²) in [4.78, 5) is 24.1. The molecule has 2 amide bonds. The van der Waals surface area contributed by atoms with Gasteiger partial charge in [-0.05, 0) is 41.8 Å². The number of hydrogen-bond acceptors (Lipinski definition) is 2. The molecular weight excluding hydrogens is 314 g/mol. The van der Waals surface area contributed by atoms with E-state index in [0.29, 0.717) is 24.2 Å². The number of nitrogens with one attached hydrogen (secondary N) is 2. The average Bonchev–Trinajstić information content (AvgIpc) is 2.55. The van der Waals surface area contributed by atoms with Crippen molar-refractivity contribution in [1.82, 2.24) is 5.32 Å². The summed E-state index contributed by atoms with van der Waals surface area (Å²) >= 11 is 0. The van der Waals surface area contributed by atoms with E-state index < -0.39 is 11.7 Å². The number of rotatable bonds is 4. The molecule has 0 aromatic heterocycles. The standard InChI is InChI=1S/C18H16F2N2O2/c19-12-3-1-11(2-4-12)7-8-21-18(24)15-10-17(23)22-16-9-13(20)5-6-14(15)16/h1-6,9,15H,7-8,10H2,(H,21,24)(H,22,23)/t15-/m1/s1. The van der Waals surface area contributed by atoms with Crippen molar-refractivity contribution < 1.29 is 18.4 Å². The smallest absolute Gasteiger partial charge is 0.228 e. The van der Waals surface area contributed by atoms with Gasteiger partial charge < -0.3 is 10.6 Å². The third-order valence-electron chi connectivity index (χ3n) is 4.00. The van der Waals surface area contributed by atoms with E-state index in [4.69, 9.17) is 0 Å². The fourth-order valence-corrected chi connectivity index (χ4v) is 2.78. The SMILES string of the molecule is O=C1C[C@@H](C(=O)NCCc2ccc(F)cc2)c2ccc(F)cc2N1. The van der Waals surface area contributed by atoms with Gasteiger partial charge in [-0.3, -0.25) is 9.59 Å². The summed E-state index contributed by atoms with van der Waals surface area (Å²) in [5, 5.41) is 5.36. The van der Waals surface area contributed by atoms with Crippen molar-refractivity contribution in [3.63, 3.8) is 0 Å². The van der Waals surface area contributed by atoms with E-state index in [1.807, 2.05) is 0 Å². The van der Waals surface area contributed by atoms with Crippen LogP contribution in [0.3, 0.4) is 0 Å². The Balaban J connectivity index is 1.65. The minimum atomic E-state index is -0.637. The topological polar surface area (TPSA) is 58.2 Å². The monoisotopic (exact) mass is 330 g/mol. The van der Waals surface area contributed by atoms with E-state index >= 15 is 0 Å². The number of hydrogen-bond donors (Lipinski definition) is 2. The molecule has 1 heterocycles. The Hall–Kier alpha value is -2.76. The number of carbonyl (C=O) groups is 2. The van der Waals surface area contributed by atoms with E-state index in [1.165, 1.54) is 30.3 Å². The third-order valence-corrected chi connectivity index (χ3v) is 4.00. The second-order valence-electron chi connectivity index (χ2n) is 5.70. The number of amides is 2. The fourth-order valence-electron chi connectivity index (χ4n) is 2.78. The Morgan fingerprint density at radius 1 is 1.12 bits per heavy atom. The first-order valence-corrected chi connectivity index (χ1v) is 7.64. The van der Waals surface area contributed by atoms with Crippen LogP contribution in [0.2, 0.25) is 0 Å². The maximum absolute atomic E-state index is 13.3. The van der Waals surface area contributed by atoms with Gasteiger partial charge in [0.15, 0.2) is 0 Å². The van der Waals surface area contributed by atoms with Crippen LogP contribution in [0.1, 0.15) is 23.5 Å². The van der Waals surface area contributed by atoms with Crippen molar-refractivity contribution in [3.8, 4) is 0 Å². The van der Waals surface area contributed by atoms with Crippen LogP contribution >= 0.6 is 0 Å². The van der Waals surface area contributed by atoms with Gasteiger partial charge in [-0.15, -0.1) is 0 Å². The molecule has 1 aliphatic heterocycles. The highest BCUT2D eigenvalue weighted by Crippen LogP contribution is 2.32. The van der Waals surface area contributed by atoms with Gasteiger partial charge in [0.05, 0.1) is 5.92 Å². The van der Waals surface area contributed by atoms with Gasteiger partial charge in [0, 0.05) is 18.7 Å². The Bertz CT molecular complexity index is 775. The number of benzene rings is 2. The summed E-state index contributed by atoms with van der Waals surface area (Å²) in [5.41, 5.74) is 1.85. The molecule has 2 aromatic carbocycles. The lowest BCUT2D eigenvalue weighted by molar-refractivity contribution is -0.126. The summed E-state index contributed by atoms with van der Waals surface area (Å²) in [5.74, 6) is -2.00. The number of anilines is 1. The van der Waals surface area contributed by atoms with Crippen molar-refractivity contribution in [2.24, 2.45) is 0 Å². The highest BCUT2D eigenvalue weighted by Gasteiger charge is 2.30. The van der Waals surface area contributed by atoms with E-state index in [9.17, 15) is 18.4 Å². The molecule has 0 fully saturated rings. The number of fused-ring (bicyclic) bond motifs is 1. The lowest BCUT2D eigenvalue weighted by atomic mass is 9.89. The van der Waals surface area contributed by atoms with Crippen LogP contribution in [0, 0.1) is 11.6 Å². The molecule has 0 saturated heterocycles. The molecular formula is C18H16F2N2O2. The van der Waals surface area contributed by atoms with Gasteiger partial charge in [-0.2, -0.15) is 0 Å². The molecule has 4 nitrogen and oxygen atoms in total. The van der Waals surface area contributed by atoms with Gasteiger partial charge in [0.2, 0.25) is 11.8 Å². The van der Waals surface area contributed by atoms with Crippen molar-refractivity contribution in [2.45, 2.75) is 18.8 Å². The summed E-state index contributed by atoms with van der Waals surface area (Å²) in [6.45, 7) is 0.374. The molecule has 1 atom stereocenters. The van der Waals surface area contributed by atoms with Crippen LogP contribution in [0.15, 0.2) is 42.5 Å². The largest absolute Gasteiger partial charge is 0.355 e. The molecule has 2 aromatic rings. The van der Waals surface area contributed by atoms with Crippen molar-refractivity contribution >= 4 is 17.5 Å². The Morgan fingerprint density at radius 2 is 1.83 bits per heavy atom. The summed E-state index contributed by atoms with van der Waals surface area (Å²) < 4.78 is 26.1. The zero-order valence-electron chi connectivity index (χ0n) is 12.8. The Labute approximate surface area is 137 Å². The van der Waals surface area contributed by atoms with Gasteiger partial charge in [0.25, 0.3) is 0 Å². The highest BCUT2D eigenvalue weighted by atomic mass is 19.1. The van der Waals surface area contributed by atoms with E-state index in [1.54, 1.807) is 12.1 Å². The normalized spacial score (nSPS) is 16.2. The van der Waals surface area contributed by atoms with Gasteiger partial charge in [0.1, 0.15) is 11.6 Å². The highest BCUT2D eigenvalue weighted by molar-refractivity contribution is 6.01. The van der Waals surface area contributed by atoms with Crippen LogP contribution < -0.4 is 10.6 Å². The first-order chi connectivity index (χ1) is 11.5. The molecule has 0 bridgehead atoms. The number of carbonyl (C=O) groups excluding carboxylic acids is 2. The molecule has 0 radical (unpaired) electrons. The molecule has 0 aliphatic carbocycles. The van der Waals surface area contributed by atoms with Gasteiger partial charge in [-0.25, -0.2) is 8.78 Å². The third kappa shape index (κ3) is 3.59. The molecule has 3 rings (SSSR count). The molecule has 124 valence electrons. The predicted octanol–water partition coefficient (Wildman–Crippen LogP) is 2.75. The van der Waals surface area contributed by atoms with E-state index in [0.717, 1.165) is 5.56 Å². The van der Waals surface area contributed by atoms with Crippen LogP contribution in [-0.2, 0) is 16.0 Å². The van der Waals surface area contributed by atoms with Crippen molar-refractivity contribution in [3.05, 3.63) is 65.2 Å².